The molecule has 2 N–H and O–H groups in total. The van der Waals surface area contributed by atoms with Crippen LogP contribution < -0.4 is 10.6 Å². The predicted octanol–water partition coefficient (Wildman–Crippen LogP) is 5.44. The summed E-state index contributed by atoms with van der Waals surface area (Å²) in [6, 6.07) is 13.5. The number of hydrogen-bond donors (Lipinski definition) is 2. The van der Waals surface area contributed by atoms with E-state index in [1.807, 2.05) is 68.1 Å². The Morgan fingerprint density at radius 3 is 2.34 bits per heavy atom. The van der Waals surface area contributed by atoms with Crippen LogP contribution in [0, 0.1) is 13.8 Å². The van der Waals surface area contributed by atoms with Crippen molar-refractivity contribution in [2.24, 2.45) is 0 Å². The molecular formula is C23H29N3O2S. The number of hydrogen-bond acceptors (Lipinski definition) is 3. The van der Waals surface area contributed by atoms with Gasteiger partial charge in [-0.1, -0.05) is 43.2 Å². The molecule has 1 aliphatic carbocycles. The summed E-state index contributed by atoms with van der Waals surface area (Å²) in [5.41, 5.74) is 3.62. The zero-order chi connectivity index (χ0) is 20.8. The molecule has 0 atom stereocenters. The first-order valence-electron chi connectivity index (χ1n) is 10.1. The number of aryl methyl sites for hydroxylation is 2. The zero-order valence-corrected chi connectivity index (χ0v) is 18.1. The lowest BCUT2D eigenvalue weighted by molar-refractivity contribution is -0.116. The van der Waals surface area contributed by atoms with E-state index < -0.39 is 0 Å². The summed E-state index contributed by atoms with van der Waals surface area (Å²) < 4.78 is 0. The normalized spacial score (nSPS) is 13.9. The molecule has 0 heterocycles. The van der Waals surface area contributed by atoms with Crippen LogP contribution in [0.4, 0.5) is 16.2 Å². The van der Waals surface area contributed by atoms with Gasteiger partial charge in [-0.2, -0.15) is 0 Å². The zero-order valence-electron chi connectivity index (χ0n) is 17.3. The molecule has 3 amide bonds. The summed E-state index contributed by atoms with van der Waals surface area (Å²) >= 11 is 1.84. The maximum absolute atomic E-state index is 12.6. The van der Waals surface area contributed by atoms with Crippen molar-refractivity contribution in [2.45, 2.75) is 49.7 Å². The second-order valence-corrected chi connectivity index (χ2v) is 8.96. The number of nitrogens with zero attached hydrogens (tertiary/aromatic N) is 1. The Labute approximate surface area is 177 Å². The van der Waals surface area contributed by atoms with Crippen LogP contribution in [0.2, 0.25) is 0 Å². The number of carbonyl (C=O) groups excluding carboxylic acids is 2. The fourth-order valence-electron chi connectivity index (χ4n) is 3.55. The lowest BCUT2D eigenvalue weighted by Gasteiger charge is -2.20. The number of urea groups is 1. The number of anilines is 2. The van der Waals surface area contributed by atoms with Crippen molar-refractivity contribution in [3.05, 3.63) is 53.6 Å². The Morgan fingerprint density at radius 1 is 1.00 bits per heavy atom. The van der Waals surface area contributed by atoms with Crippen molar-refractivity contribution in [3.8, 4) is 0 Å². The van der Waals surface area contributed by atoms with Crippen LogP contribution in [0.25, 0.3) is 0 Å². The first kappa shape index (κ1) is 21.2. The number of carbonyl (C=O) groups is 2. The van der Waals surface area contributed by atoms with E-state index in [-0.39, 0.29) is 18.5 Å². The molecule has 2 aromatic carbocycles. The van der Waals surface area contributed by atoms with Gasteiger partial charge in [0.2, 0.25) is 5.91 Å². The van der Waals surface area contributed by atoms with Gasteiger partial charge in [-0.15, -0.1) is 11.8 Å². The van der Waals surface area contributed by atoms with Crippen LogP contribution in [-0.4, -0.2) is 35.7 Å². The number of thioether (sulfide) groups is 1. The number of para-hydroxylation sites is 2. The molecule has 0 saturated heterocycles. The third-order valence-electron chi connectivity index (χ3n) is 5.20. The molecule has 1 aliphatic rings. The molecule has 0 aliphatic heterocycles. The number of likely N-dealkylation sites (N-methyl/N-ethyl adjacent to an activating group) is 1. The average Bonchev–Trinajstić information content (AvgIpc) is 3.19. The maximum atomic E-state index is 12.6. The van der Waals surface area contributed by atoms with Crippen LogP contribution in [0.1, 0.15) is 36.8 Å². The van der Waals surface area contributed by atoms with Gasteiger partial charge in [0.15, 0.2) is 0 Å². The topological polar surface area (TPSA) is 61.4 Å². The summed E-state index contributed by atoms with van der Waals surface area (Å²) in [5.74, 6) is -0.214. The van der Waals surface area contributed by atoms with Crippen molar-refractivity contribution < 1.29 is 9.59 Å². The van der Waals surface area contributed by atoms with E-state index in [2.05, 4.69) is 10.6 Å². The van der Waals surface area contributed by atoms with Gasteiger partial charge in [-0.05, 0) is 49.9 Å². The van der Waals surface area contributed by atoms with E-state index in [9.17, 15) is 9.59 Å². The van der Waals surface area contributed by atoms with Crippen LogP contribution in [-0.2, 0) is 4.79 Å². The van der Waals surface area contributed by atoms with Crippen LogP contribution in [0.3, 0.4) is 0 Å². The van der Waals surface area contributed by atoms with Crippen LogP contribution >= 0.6 is 11.8 Å². The Bertz CT molecular complexity index is 858. The highest BCUT2D eigenvalue weighted by atomic mass is 32.2. The van der Waals surface area contributed by atoms with Gasteiger partial charge >= 0.3 is 6.03 Å². The summed E-state index contributed by atoms with van der Waals surface area (Å²) in [7, 11) is 1.63. The van der Waals surface area contributed by atoms with Gasteiger partial charge < -0.3 is 15.5 Å². The van der Waals surface area contributed by atoms with Gasteiger partial charge in [0.05, 0.1) is 5.69 Å². The molecule has 2 aromatic rings. The molecular weight excluding hydrogens is 382 g/mol. The Hall–Kier alpha value is -2.47. The molecule has 29 heavy (non-hydrogen) atoms. The molecule has 154 valence electrons. The quantitative estimate of drug-likeness (QED) is 0.665. The second-order valence-electron chi connectivity index (χ2n) is 7.62. The van der Waals surface area contributed by atoms with E-state index in [1.165, 1.54) is 30.6 Å². The molecule has 1 fully saturated rings. The smallest absolute Gasteiger partial charge is 0.322 e. The van der Waals surface area contributed by atoms with Gasteiger partial charge in [-0.25, -0.2) is 4.79 Å². The molecule has 0 unspecified atom stereocenters. The number of benzene rings is 2. The summed E-state index contributed by atoms with van der Waals surface area (Å²) in [5, 5.41) is 6.50. The Balaban J connectivity index is 1.58. The summed E-state index contributed by atoms with van der Waals surface area (Å²) in [6.45, 7) is 3.90. The number of rotatable bonds is 6. The lowest BCUT2D eigenvalue weighted by Crippen LogP contribution is -2.38. The highest BCUT2D eigenvalue weighted by Crippen LogP contribution is 2.38. The predicted molar refractivity (Wildman–Crippen MR) is 121 cm³/mol. The SMILES string of the molecule is Cc1cccc(C)c1NC(=O)CN(C)C(=O)Nc1ccccc1SC1CCCC1. The summed E-state index contributed by atoms with van der Waals surface area (Å²) in [4.78, 5) is 27.6. The third kappa shape index (κ3) is 5.76. The first-order chi connectivity index (χ1) is 13.9. The van der Waals surface area contributed by atoms with E-state index in [0.717, 1.165) is 27.4 Å². The van der Waals surface area contributed by atoms with Gasteiger partial charge in [0, 0.05) is 22.9 Å². The van der Waals surface area contributed by atoms with Crippen molar-refractivity contribution in [1.29, 1.82) is 0 Å². The van der Waals surface area contributed by atoms with E-state index in [1.54, 1.807) is 7.05 Å². The largest absolute Gasteiger partial charge is 0.324 e. The van der Waals surface area contributed by atoms with Crippen molar-refractivity contribution >= 4 is 35.1 Å². The monoisotopic (exact) mass is 411 g/mol. The molecule has 6 heteroatoms. The minimum atomic E-state index is -0.291. The van der Waals surface area contributed by atoms with Crippen LogP contribution in [0.15, 0.2) is 47.4 Å². The van der Waals surface area contributed by atoms with Gasteiger partial charge in [0.1, 0.15) is 6.54 Å². The minimum Gasteiger partial charge on any atom is -0.324 e. The Morgan fingerprint density at radius 2 is 1.66 bits per heavy atom. The standard InChI is InChI=1S/C23H29N3O2S/c1-16-9-8-10-17(2)22(16)25-21(27)15-26(3)23(28)24-19-13-6-7-14-20(19)29-18-11-4-5-12-18/h6-10,13-14,18H,4-5,11-12,15H2,1-3H3,(H,24,28)(H,25,27). The third-order valence-corrected chi connectivity index (χ3v) is 6.61. The maximum Gasteiger partial charge on any atom is 0.322 e. The van der Waals surface area contributed by atoms with Crippen molar-refractivity contribution in [1.82, 2.24) is 4.90 Å². The molecule has 1 saturated carbocycles. The second kappa shape index (κ2) is 9.83. The fraction of sp³-hybridized carbons (Fsp3) is 0.391. The molecule has 0 spiro atoms. The van der Waals surface area contributed by atoms with Crippen LogP contribution in [0.5, 0.6) is 0 Å². The molecule has 3 rings (SSSR count). The molecule has 0 bridgehead atoms. The molecule has 0 aromatic heterocycles. The van der Waals surface area contributed by atoms with Crippen molar-refractivity contribution in [3.63, 3.8) is 0 Å². The van der Waals surface area contributed by atoms with E-state index >= 15 is 0 Å². The highest BCUT2D eigenvalue weighted by molar-refractivity contribution is 8.00. The first-order valence-corrected chi connectivity index (χ1v) is 11.0. The molecule has 0 radical (unpaired) electrons. The number of nitrogens with one attached hydrogen (secondary N) is 2. The average molecular weight is 412 g/mol. The summed E-state index contributed by atoms with van der Waals surface area (Å²) in [6.07, 6.45) is 5.02. The van der Waals surface area contributed by atoms with E-state index in [0.29, 0.717) is 5.25 Å². The van der Waals surface area contributed by atoms with Gasteiger partial charge in [-0.3, -0.25) is 4.79 Å². The minimum absolute atomic E-state index is 0.0163. The Kier molecular flexibility index (Phi) is 7.20. The highest BCUT2D eigenvalue weighted by Gasteiger charge is 2.19. The fourth-order valence-corrected chi connectivity index (χ4v) is 4.88. The van der Waals surface area contributed by atoms with E-state index in [4.69, 9.17) is 0 Å². The molecule has 5 nitrogen and oxygen atoms in total. The lowest BCUT2D eigenvalue weighted by atomic mass is 10.1. The number of amides is 3. The van der Waals surface area contributed by atoms with Gasteiger partial charge in [0.25, 0.3) is 0 Å². The van der Waals surface area contributed by atoms with Crippen molar-refractivity contribution in [2.75, 3.05) is 24.2 Å².